The van der Waals surface area contributed by atoms with Gasteiger partial charge in [0.05, 0.1) is 11.4 Å². The van der Waals surface area contributed by atoms with Gasteiger partial charge in [0.25, 0.3) is 0 Å². The fourth-order valence-corrected chi connectivity index (χ4v) is 4.76. The van der Waals surface area contributed by atoms with E-state index in [0.717, 1.165) is 47.5 Å². The van der Waals surface area contributed by atoms with Gasteiger partial charge < -0.3 is 15.4 Å². The monoisotopic (exact) mass is 498 g/mol. The minimum atomic E-state index is -0.0896. The van der Waals surface area contributed by atoms with Crippen molar-refractivity contribution < 1.29 is 9.53 Å². The molecule has 1 unspecified atom stereocenters. The van der Waals surface area contributed by atoms with E-state index in [4.69, 9.17) is 15.6 Å². The second-order valence-corrected chi connectivity index (χ2v) is 10.9. The van der Waals surface area contributed by atoms with E-state index in [-0.39, 0.29) is 23.3 Å². The molecule has 1 aliphatic heterocycles. The van der Waals surface area contributed by atoms with E-state index >= 15 is 0 Å². The number of amides is 1. The lowest BCUT2D eigenvalue weighted by Crippen LogP contribution is -2.45. The smallest absolute Gasteiger partial charge is 0.226 e. The quantitative estimate of drug-likeness (QED) is 0.378. The first-order chi connectivity index (χ1) is 17.7. The lowest BCUT2D eigenvalue weighted by atomic mass is 9.81. The first kappa shape index (κ1) is 24.7. The number of nitrogens with two attached hydrogens (primary N) is 1. The molecular weight excluding hydrogens is 464 g/mol. The summed E-state index contributed by atoms with van der Waals surface area (Å²) in [6, 6.07) is 17.5. The highest BCUT2D eigenvalue weighted by Crippen LogP contribution is 2.36. The topological polar surface area (TPSA) is 99.2 Å². The molecule has 0 spiro atoms. The molecule has 4 aromatic rings. The number of rotatable bonds is 5. The minimum absolute atomic E-state index is 0.0103. The van der Waals surface area contributed by atoms with Crippen molar-refractivity contribution in [2.45, 2.75) is 46.6 Å². The molecule has 2 N–H and O–H groups in total. The summed E-state index contributed by atoms with van der Waals surface area (Å²) in [7, 11) is 0. The maximum absolute atomic E-state index is 13.3. The Kier molecular flexibility index (Phi) is 6.58. The zero-order valence-corrected chi connectivity index (χ0v) is 21.9. The number of anilines is 1. The Labute approximate surface area is 217 Å². The molecular formula is C29H34N6O2. The maximum Gasteiger partial charge on any atom is 0.226 e. The van der Waals surface area contributed by atoms with Crippen molar-refractivity contribution in [3.05, 3.63) is 60.9 Å². The molecule has 0 radical (unpaired) electrons. The Morgan fingerprint density at radius 1 is 1.05 bits per heavy atom. The van der Waals surface area contributed by atoms with Crippen molar-refractivity contribution in [3.8, 4) is 22.8 Å². The van der Waals surface area contributed by atoms with Crippen molar-refractivity contribution in [1.82, 2.24) is 24.6 Å². The first-order valence-corrected chi connectivity index (χ1v) is 12.8. The van der Waals surface area contributed by atoms with Crippen molar-refractivity contribution in [3.63, 3.8) is 0 Å². The van der Waals surface area contributed by atoms with E-state index in [0.29, 0.717) is 18.0 Å². The van der Waals surface area contributed by atoms with Crippen LogP contribution < -0.4 is 10.5 Å². The fourth-order valence-electron chi connectivity index (χ4n) is 4.76. The van der Waals surface area contributed by atoms with Gasteiger partial charge in [0.1, 0.15) is 29.3 Å². The summed E-state index contributed by atoms with van der Waals surface area (Å²) in [5.74, 6) is 2.03. The number of hydrogen-bond donors (Lipinski definition) is 1. The average Bonchev–Trinajstić information content (AvgIpc) is 3.29. The number of carbonyl (C=O) groups excluding carboxylic acids is 1. The second kappa shape index (κ2) is 9.84. The van der Waals surface area contributed by atoms with Crippen LogP contribution in [0.5, 0.6) is 11.5 Å². The van der Waals surface area contributed by atoms with E-state index in [1.165, 1.54) is 6.33 Å². The second-order valence-electron chi connectivity index (χ2n) is 10.9. The number of fused-ring (bicyclic) bond motifs is 1. The zero-order valence-electron chi connectivity index (χ0n) is 21.9. The van der Waals surface area contributed by atoms with Crippen molar-refractivity contribution >= 4 is 22.8 Å². The number of para-hydroxylation sites is 1. The van der Waals surface area contributed by atoms with Gasteiger partial charge in [0.15, 0.2) is 5.65 Å². The number of piperidine rings is 1. The first-order valence-electron chi connectivity index (χ1n) is 12.8. The number of aromatic nitrogens is 4. The van der Waals surface area contributed by atoms with Gasteiger partial charge >= 0.3 is 0 Å². The summed E-state index contributed by atoms with van der Waals surface area (Å²) in [6.07, 6.45) is 3.30. The molecule has 1 saturated heterocycles. The fraction of sp³-hybridized carbons (Fsp3) is 0.379. The Morgan fingerprint density at radius 3 is 2.46 bits per heavy atom. The van der Waals surface area contributed by atoms with Gasteiger partial charge in [0.2, 0.25) is 5.91 Å². The molecule has 2 aromatic heterocycles. The van der Waals surface area contributed by atoms with E-state index in [2.05, 4.69) is 30.7 Å². The van der Waals surface area contributed by atoms with Crippen LogP contribution in [-0.2, 0) is 4.79 Å². The minimum Gasteiger partial charge on any atom is -0.457 e. The van der Waals surface area contributed by atoms with Gasteiger partial charge in [-0.25, -0.2) is 14.6 Å². The number of hydrogen-bond acceptors (Lipinski definition) is 6. The molecule has 1 fully saturated rings. The van der Waals surface area contributed by atoms with Gasteiger partial charge in [-0.05, 0) is 54.7 Å². The molecule has 0 saturated carbocycles. The van der Waals surface area contributed by atoms with Crippen LogP contribution in [0, 0.1) is 11.3 Å². The van der Waals surface area contributed by atoms with Crippen molar-refractivity contribution in [2.24, 2.45) is 11.3 Å². The highest BCUT2D eigenvalue weighted by molar-refractivity contribution is 5.98. The van der Waals surface area contributed by atoms with Crippen LogP contribution >= 0.6 is 0 Å². The summed E-state index contributed by atoms with van der Waals surface area (Å²) >= 11 is 0. The predicted molar refractivity (Wildman–Crippen MR) is 145 cm³/mol. The molecule has 0 bridgehead atoms. The Morgan fingerprint density at radius 2 is 1.76 bits per heavy atom. The maximum atomic E-state index is 13.3. The molecule has 2 aromatic carbocycles. The summed E-state index contributed by atoms with van der Waals surface area (Å²) in [5.41, 5.74) is 8.57. The molecule has 2 atom stereocenters. The largest absolute Gasteiger partial charge is 0.457 e. The third-order valence-electron chi connectivity index (χ3n) is 7.35. The molecule has 8 heteroatoms. The van der Waals surface area contributed by atoms with Crippen LogP contribution in [-0.4, -0.2) is 43.6 Å². The number of ether oxygens (including phenoxy) is 1. The molecule has 1 amide bonds. The molecule has 1 aliphatic rings. The summed E-state index contributed by atoms with van der Waals surface area (Å²) in [6.45, 7) is 9.72. The highest BCUT2D eigenvalue weighted by atomic mass is 16.5. The molecule has 192 valence electrons. The number of carbonyl (C=O) groups is 1. The molecule has 8 nitrogen and oxygen atoms in total. The normalized spacial score (nSPS) is 17.1. The molecule has 3 heterocycles. The molecule has 37 heavy (non-hydrogen) atoms. The standard InChI is InChI=1S/C29H34N6O2/c1-19(29(2,3)4)28(36)34-16-8-9-21(17-34)35-27-24(26(30)31-18-32-27)25(33-35)20-12-14-23(15-13-20)37-22-10-6-5-7-11-22/h5-7,10-15,18-19,21H,8-9,16-17H2,1-4H3,(H2,30,31,32)/t19?,21-/m1/s1. The van der Waals surface area contributed by atoms with Crippen molar-refractivity contribution in [2.75, 3.05) is 18.8 Å². The predicted octanol–water partition coefficient (Wildman–Crippen LogP) is 5.71. The number of likely N-dealkylation sites (tertiary alicyclic amines) is 1. The van der Waals surface area contributed by atoms with Crippen molar-refractivity contribution in [1.29, 1.82) is 0 Å². The van der Waals surface area contributed by atoms with Crippen LogP contribution in [0.1, 0.15) is 46.6 Å². The van der Waals surface area contributed by atoms with E-state index < -0.39 is 0 Å². The lowest BCUT2D eigenvalue weighted by Gasteiger charge is -2.37. The third kappa shape index (κ3) is 5.01. The number of nitrogen functional groups attached to an aromatic ring is 1. The van der Waals surface area contributed by atoms with E-state index in [1.807, 2.05) is 71.1 Å². The Bertz CT molecular complexity index is 1390. The van der Waals surface area contributed by atoms with Crippen LogP contribution in [0.25, 0.3) is 22.3 Å². The number of benzene rings is 2. The van der Waals surface area contributed by atoms with Gasteiger partial charge in [-0.2, -0.15) is 5.10 Å². The van der Waals surface area contributed by atoms with E-state index in [9.17, 15) is 4.79 Å². The van der Waals surface area contributed by atoms with Gasteiger partial charge in [-0.1, -0.05) is 45.9 Å². The molecule has 0 aliphatic carbocycles. The van der Waals surface area contributed by atoms with Crippen LogP contribution in [0.4, 0.5) is 5.82 Å². The average molecular weight is 499 g/mol. The van der Waals surface area contributed by atoms with E-state index in [1.54, 1.807) is 0 Å². The Hall–Kier alpha value is -3.94. The molecule has 5 rings (SSSR count). The van der Waals surface area contributed by atoms with Gasteiger partial charge in [-0.15, -0.1) is 0 Å². The van der Waals surface area contributed by atoms with Crippen LogP contribution in [0.15, 0.2) is 60.9 Å². The third-order valence-corrected chi connectivity index (χ3v) is 7.35. The van der Waals surface area contributed by atoms with Gasteiger partial charge in [-0.3, -0.25) is 4.79 Å². The SMILES string of the molecule is CC(C(=O)N1CCC[C@@H](n2nc(-c3ccc(Oc4ccccc4)cc3)c3c(N)ncnc32)C1)C(C)(C)C. The summed E-state index contributed by atoms with van der Waals surface area (Å²) in [5, 5.41) is 5.73. The summed E-state index contributed by atoms with van der Waals surface area (Å²) in [4.78, 5) is 24.1. The summed E-state index contributed by atoms with van der Waals surface area (Å²) < 4.78 is 7.89. The van der Waals surface area contributed by atoms with Crippen LogP contribution in [0.3, 0.4) is 0 Å². The highest BCUT2D eigenvalue weighted by Gasteiger charge is 2.34. The number of nitrogens with zero attached hydrogens (tertiary/aromatic N) is 5. The van der Waals surface area contributed by atoms with Gasteiger partial charge in [0, 0.05) is 24.6 Å². The lowest BCUT2D eigenvalue weighted by molar-refractivity contribution is -0.140. The Balaban J connectivity index is 1.46. The zero-order chi connectivity index (χ0) is 26.2. The van der Waals surface area contributed by atoms with Crippen LogP contribution in [0.2, 0.25) is 0 Å².